The van der Waals surface area contributed by atoms with Crippen molar-refractivity contribution in [3.8, 4) is 11.5 Å². The van der Waals surface area contributed by atoms with E-state index in [0.29, 0.717) is 5.56 Å². The van der Waals surface area contributed by atoms with E-state index in [2.05, 4.69) is 0 Å². The number of carbonyl (C=O) groups is 4. The second-order valence-corrected chi connectivity index (χ2v) is 10.8. The Hall–Kier alpha value is -3.54. The summed E-state index contributed by atoms with van der Waals surface area (Å²) in [5.41, 5.74) is 6.35. The van der Waals surface area contributed by atoms with Gasteiger partial charge in [-0.3, -0.25) is 4.79 Å². The van der Waals surface area contributed by atoms with E-state index in [4.69, 9.17) is 34.2 Å². The molecule has 40 heavy (non-hydrogen) atoms. The van der Waals surface area contributed by atoms with Gasteiger partial charge in [0, 0.05) is 5.92 Å². The predicted molar refractivity (Wildman–Crippen MR) is 144 cm³/mol. The fourth-order valence-electron chi connectivity index (χ4n) is 3.27. The number of nitrogens with two attached hydrogens (primary N) is 1. The Morgan fingerprint density at radius 3 is 1.73 bits per heavy atom. The maximum absolute atomic E-state index is 12.3. The average molecular weight is 570 g/mol. The molecular formula is C28H43NO11. The molecule has 0 aliphatic rings. The molecule has 4 atom stereocenters. The molecule has 12 nitrogen and oxygen atoms in total. The van der Waals surface area contributed by atoms with Crippen molar-refractivity contribution in [3.63, 3.8) is 0 Å². The van der Waals surface area contributed by atoms with Crippen LogP contribution in [0.25, 0.3) is 0 Å². The fourth-order valence-corrected chi connectivity index (χ4v) is 3.27. The predicted octanol–water partition coefficient (Wildman–Crippen LogP) is 5.36. The lowest BCUT2D eigenvalue weighted by atomic mass is 9.82. The molecule has 0 amide bonds. The molecule has 0 fully saturated rings. The van der Waals surface area contributed by atoms with Gasteiger partial charge in [-0.15, -0.1) is 0 Å². The molecule has 12 heteroatoms. The number of benzene rings is 1. The lowest BCUT2D eigenvalue weighted by Crippen LogP contribution is -2.40. The molecule has 0 bridgehead atoms. The van der Waals surface area contributed by atoms with Gasteiger partial charge in [-0.05, 0) is 48.3 Å². The summed E-state index contributed by atoms with van der Waals surface area (Å²) in [6, 6.07) is 2.70. The zero-order chi connectivity index (χ0) is 30.6. The first-order valence-electron chi connectivity index (χ1n) is 13.3. The second kappa shape index (κ2) is 16.5. The third kappa shape index (κ3) is 12.1. The van der Waals surface area contributed by atoms with Gasteiger partial charge in [-0.2, -0.15) is 0 Å². The van der Waals surface area contributed by atoms with Gasteiger partial charge in [-0.25, -0.2) is 14.4 Å². The molecule has 0 aliphatic carbocycles. The van der Waals surface area contributed by atoms with Crippen LogP contribution in [0.3, 0.4) is 0 Å². The molecule has 0 saturated heterocycles. The first-order chi connectivity index (χ1) is 18.6. The highest BCUT2D eigenvalue weighted by Crippen LogP contribution is 2.36. The number of rotatable bonds is 14. The Labute approximate surface area is 235 Å². The highest BCUT2D eigenvalue weighted by Gasteiger charge is 2.33. The van der Waals surface area contributed by atoms with Crippen molar-refractivity contribution < 1.29 is 52.7 Å². The number of carbonyl (C=O) groups excluding carboxylic acids is 3. The molecule has 226 valence electrons. The van der Waals surface area contributed by atoms with Crippen LogP contribution in [0.2, 0.25) is 0 Å². The zero-order valence-electron chi connectivity index (χ0n) is 24.5. The highest BCUT2D eigenvalue weighted by molar-refractivity contribution is 5.75. The molecule has 3 unspecified atom stereocenters. The van der Waals surface area contributed by atoms with Crippen LogP contribution in [0.4, 0.5) is 14.4 Å². The molecule has 0 aliphatic heterocycles. The summed E-state index contributed by atoms with van der Waals surface area (Å²) in [6.07, 6.45) is -3.34. The fraction of sp³-hybridized carbons (Fsp3) is 0.643. The Balaban J connectivity index is 3.29. The van der Waals surface area contributed by atoms with E-state index in [1.54, 1.807) is 13.8 Å². The Bertz CT molecular complexity index is 992. The van der Waals surface area contributed by atoms with E-state index in [1.807, 2.05) is 41.5 Å². The van der Waals surface area contributed by atoms with E-state index in [9.17, 15) is 24.3 Å². The van der Waals surface area contributed by atoms with E-state index in [-0.39, 0.29) is 55.2 Å². The number of aliphatic carboxylic acids is 1. The largest absolute Gasteiger partial charge is 0.513 e. The summed E-state index contributed by atoms with van der Waals surface area (Å²) >= 11 is 0. The van der Waals surface area contributed by atoms with Gasteiger partial charge >= 0.3 is 24.4 Å². The quantitative estimate of drug-likeness (QED) is 0.167. The maximum atomic E-state index is 12.3. The molecular weight excluding hydrogens is 526 g/mol. The number of hydrogen-bond donors (Lipinski definition) is 2. The molecule has 0 saturated carbocycles. The Kier molecular flexibility index (Phi) is 14.3. The van der Waals surface area contributed by atoms with Crippen LogP contribution in [0.1, 0.15) is 66.9 Å². The van der Waals surface area contributed by atoms with E-state index >= 15 is 0 Å². The van der Waals surface area contributed by atoms with Crippen LogP contribution in [-0.2, 0) is 23.7 Å². The Morgan fingerprint density at radius 1 is 0.750 bits per heavy atom. The van der Waals surface area contributed by atoms with Gasteiger partial charge in [-0.1, -0.05) is 54.5 Å². The van der Waals surface area contributed by atoms with Crippen molar-refractivity contribution >= 4 is 24.4 Å². The van der Waals surface area contributed by atoms with Crippen molar-refractivity contribution in [2.75, 3.05) is 19.8 Å². The standard InChI is InChI=1S/C28H43NO11/c1-15(2)12-35-27(33)39-21-10-9-20(11-22(21)40-28(34)36-13-16(3)4)23(24(29)25(30)31)18(7)14-37-26(32)38-19(8)17(5)6/h9-11,15-19,23-24H,12-14,29H2,1-8H3,(H,30,31)/t18?,19?,23?,24-/m0/s1. The summed E-state index contributed by atoms with van der Waals surface area (Å²) in [6.45, 7) is 14.5. The smallest absolute Gasteiger partial charge is 0.480 e. The van der Waals surface area contributed by atoms with Crippen LogP contribution in [0, 0.1) is 23.7 Å². The summed E-state index contributed by atoms with van der Waals surface area (Å²) in [5.74, 6) is -3.03. The van der Waals surface area contributed by atoms with E-state index in [0.717, 1.165) is 0 Å². The summed E-state index contributed by atoms with van der Waals surface area (Å²) < 4.78 is 31.1. The minimum absolute atomic E-state index is 0.0367. The molecule has 0 aromatic heterocycles. The molecule has 1 aromatic rings. The summed E-state index contributed by atoms with van der Waals surface area (Å²) in [4.78, 5) is 48.5. The van der Waals surface area contributed by atoms with Gasteiger partial charge in [0.2, 0.25) is 0 Å². The third-order valence-corrected chi connectivity index (χ3v) is 5.78. The normalized spacial score (nSPS) is 14.2. The van der Waals surface area contributed by atoms with Gasteiger partial charge in [0.15, 0.2) is 11.5 Å². The van der Waals surface area contributed by atoms with Crippen molar-refractivity contribution in [3.05, 3.63) is 23.8 Å². The first-order valence-corrected chi connectivity index (χ1v) is 13.3. The second-order valence-electron chi connectivity index (χ2n) is 10.8. The van der Waals surface area contributed by atoms with Gasteiger partial charge in [0.1, 0.15) is 12.1 Å². The topological polar surface area (TPSA) is 170 Å². The van der Waals surface area contributed by atoms with Crippen LogP contribution in [-0.4, -0.2) is 61.5 Å². The summed E-state index contributed by atoms with van der Waals surface area (Å²) in [7, 11) is 0. The van der Waals surface area contributed by atoms with Crippen molar-refractivity contribution in [2.24, 2.45) is 29.4 Å². The lowest BCUT2D eigenvalue weighted by Gasteiger charge is -2.28. The third-order valence-electron chi connectivity index (χ3n) is 5.78. The molecule has 0 radical (unpaired) electrons. The molecule has 3 N–H and O–H groups in total. The molecule has 1 aromatic carbocycles. The maximum Gasteiger partial charge on any atom is 0.513 e. The van der Waals surface area contributed by atoms with Crippen molar-refractivity contribution in [1.29, 1.82) is 0 Å². The minimum Gasteiger partial charge on any atom is -0.480 e. The van der Waals surface area contributed by atoms with Crippen LogP contribution in [0.5, 0.6) is 11.5 Å². The minimum atomic E-state index is -1.42. The number of carboxylic acids is 1. The molecule has 1 rings (SSSR count). The Morgan fingerprint density at radius 2 is 1.25 bits per heavy atom. The average Bonchev–Trinajstić information content (AvgIpc) is 2.86. The zero-order valence-corrected chi connectivity index (χ0v) is 24.5. The number of ether oxygens (including phenoxy) is 6. The monoisotopic (exact) mass is 569 g/mol. The van der Waals surface area contributed by atoms with Crippen molar-refractivity contribution in [1.82, 2.24) is 0 Å². The van der Waals surface area contributed by atoms with E-state index in [1.165, 1.54) is 18.2 Å². The molecule has 0 spiro atoms. The van der Waals surface area contributed by atoms with Gasteiger partial charge in [0.25, 0.3) is 0 Å². The van der Waals surface area contributed by atoms with Crippen LogP contribution in [0.15, 0.2) is 18.2 Å². The van der Waals surface area contributed by atoms with Crippen LogP contribution >= 0.6 is 0 Å². The summed E-state index contributed by atoms with van der Waals surface area (Å²) in [5, 5.41) is 9.69. The number of hydrogen-bond acceptors (Lipinski definition) is 11. The van der Waals surface area contributed by atoms with Crippen molar-refractivity contribution in [2.45, 2.75) is 73.5 Å². The molecule has 0 heterocycles. The van der Waals surface area contributed by atoms with Gasteiger partial charge < -0.3 is 39.3 Å². The lowest BCUT2D eigenvalue weighted by molar-refractivity contribution is -0.139. The number of carboxylic acid groups (broad SMARTS) is 1. The first kappa shape index (κ1) is 34.5. The van der Waals surface area contributed by atoms with Gasteiger partial charge in [0.05, 0.1) is 19.8 Å². The van der Waals surface area contributed by atoms with Crippen LogP contribution < -0.4 is 15.2 Å². The highest BCUT2D eigenvalue weighted by atomic mass is 16.7. The van der Waals surface area contributed by atoms with E-state index < -0.39 is 42.3 Å². The SMILES string of the molecule is CC(C)COC(=O)Oc1ccc(C(C(C)COC(=O)OC(C)C(C)C)[C@H](N)C(=O)O)cc1OC(=O)OCC(C)C.